The Kier molecular flexibility index (Phi) is 6.98. The highest BCUT2D eigenvalue weighted by atomic mass is 32.2. The molecule has 0 radical (unpaired) electrons. The normalized spacial score (nSPS) is 11.9. The Morgan fingerprint density at radius 3 is 2.45 bits per heavy atom. The maximum Gasteiger partial charge on any atom is 0.418 e. The second-order valence-corrected chi connectivity index (χ2v) is 9.89. The molecule has 12 heteroatoms. The summed E-state index contributed by atoms with van der Waals surface area (Å²) in [6, 6.07) is 9.26. The first-order chi connectivity index (χ1) is 15.4. The third-order valence-electron chi connectivity index (χ3n) is 4.68. The number of carbonyl (C=O) groups excluding carboxylic acids is 1. The summed E-state index contributed by atoms with van der Waals surface area (Å²) < 4.78 is 64.9. The zero-order chi connectivity index (χ0) is 24.4. The van der Waals surface area contributed by atoms with E-state index in [2.05, 4.69) is 15.3 Å². The molecule has 0 aliphatic carbocycles. The van der Waals surface area contributed by atoms with E-state index in [4.69, 9.17) is 5.73 Å². The van der Waals surface area contributed by atoms with Gasteiger partial charge in [-0.2, -0.15) is 13.2 Å². The van der Waals surface area contributed by atoms with Gasteiger partial charge in [0.2, 0.25) is 15.7 Å². The Morgan fingerprint density at radius 1 is 1.12 bits per heavy atom. The number of para-hydroxylation sites is 1. The summed E-state index contributed by atoms with van der Waals surface area (Å²) in [7, 11) is -3.96. The van der Waals surface area contributed by atoms with Gasteiger partial charge in [0, 0.05) is 0 Å². The number of aromatic nitrogens is 2. The molecule has 0 spiro atoms. The van der Waals surface area contributed by atoms with Crippen molar-refractivity contribution >= 4 is 39.0 Å². The number of nitrogen functional groups attached to an aromatic ring is 1. The van der Waals surface area contributed by atoms with Crippen molar-refractivity contribution in [1.29, 1.82) is 0 Å². The summed E-state index contributed by atoms with van der Waals surface area (Å²) in [5, 5.41) is 2.21. The van der Waals surface area contributed by atoms with Crippen LogP contribution in [0.5, 0.6) is 0 Å². The number of nitrogens with two attached hydrogens (primary N) is 1. The summed E-state index contributed by atoms with van der Waals surface area (Å²) in [6.45, 7) is 3.64. The smallest absolute Gasteiger partial charge is 0.382 e. The lowest BCUT2D eigenvalue weighted by Crippen LogP contribution is -2.18. The second kappa shape index (κ2) is 9.40. The number of anilines is 2. The molecule has 0 atom stereocenters. The molecule has 0 saturated carbocycles. The maximum atomic E-state index is 13.1. The Morgan fingerprint density at radius 2 is 1.82 bits per heavy atom. The minimum atomic E-state index is -4.62. The number of hydrogen-bond donors (Lipinski definition) is 2. The van der Waals surface area contributed by atoms with Crippen molar-refractivity contribution in [2.45, 2.75) is 35.0 Å². The van der Waals surface area contributed by atoms with E-state index >= 15 is 0 Å². The fraction of sp³-hybridized carbons (Fsp3) is 0.190. The summed E-state index contributed by atoms with van der Waals surface area (Å²) in [5.74, 6) is -1.33. The number of halogens is 3. The fourth-order valence-electron chi connectivity index (χ4n) is 2.81. The Bertz CT molecular complexity index is 1310. The standard InChI is InChI=1S/C21H19F3N4O3S2/c1-12-7-8-14(9-13(12)2)33(30,31)17-10-26-20(28-19(17)25)32-11-18(29)27-16-6-4-3-5-15(16)21(22,23)24/h3-10H,11H2,1-2H3,(H,27,29)(H2,25,26,28). The lowest BCUT2D eigenvalue weighted by atomic mass is 10.1. The van der Waals surface area contributed by atoms with Crippen LogP contribution >= 0.6 is 11.8 Å². The fourth-order valence-corrected chi connectivity index (χ4v) is 4.78. The van der Waals surface area contributed by atoms with E-state index in [1.807, 2.05) is 6.92 Å². The van der Waals surface area contributed by atoms with E-state index in [9.17, 15) is 26.4 Å². The van der Waals surface area contributed by atoms with Gasteiger partial charge in [-0.3, -0.25) is 4.79 Å². The van der Waals surface area contributed by atoms with Gasteiger partial charge >= 0.3 is 6.18 Å². The van der Waals surface area contributed by atoms with Crippen molar-refractivity contribution in [2.75, 3.05) is 16.8 Å². The minimum absolute atomic E-state index is 0.00536. The molecular weight excluding hydrogens is 477 g/mol. The summed E-state index contributed by atoms with van der Waals surface area (Å²) in [5.41, 5.74) is 6.23. The highest BCUT2D eigenvalue weighted by molar-refractivity contribution is 7.99. The SMILES string of the molecule is Cc1ccc(S(=O)(=O)c2cnc(SCC(=O)Nc3ccccc3C(F)(F)F)nc2N)cc1C. The van der Waals surface area contributed by atoms with Gasteiger partial charge in [-0.15, -0.1) is 0 Å². The van der Waals surface area contributed by atoms with Crippen LogP contribution < -0.4 is 11.1 Å². The number of amides is 1. The number of nitrogens with zero attached hydrogens (tertiary/aromatic N) is 2. The average Bonchev–Trinajstić information content (AvgIpc) is 2.73. The number of benzene rings is 2. The molecule has 0 bridgehead atoms. The number of alkyl halides is 3. The Labute approximate surface area is 192 Å². The molecule has 7 nitrogen and oxygen atoms in total. The summed E-state index contributed by atoms with van der Waals surface area (Å²) in [4.78, 5) is 19.8. The summed E-state index contributed by atoms with van der Waals surface area (Å²) >= 11 is 0.805. The highest BCUT2D eigenvalue weighted by Crippen LogP contribution is 2.34. The molecule has 3 rings (SSSR count). The van der Waals surface area contributed by atoms with Gasteiger partial charge in [0.15, 0.2) is 5.16 Å². The molecule has 1 amide bonds. The molecule has 3 N–H and O–H groups in total. The first kappa shape index (κ1) is 24.5. The molecular formula is C21H19F3N4O3S2. The predicted molar refractivity (Wildman–Crippen MR) is 119 cm³/mol. The minimum Gasteiger partial charge on any atom is -0.382 e. The number of thioether (sulfide) groups is 1. The first-order valence-electron chi connectivity index (χ1n) is 9.43. The van der Waals surface area contributed by atoms with Gasteiger partial charge in [-0.25, -0.2) is 18.4 Å². The zero-order valence-corrected chi connectivity index (χ0v) is 19.1. The number of nitrogens with one attached hydrogen (secondary N) is 1. The van der Waals surface area contributed by atoms with Crippen molar-refractivity contribution in [2.24, 2.45) is 0 Å². The van der Waals surface area contributed by atoms with Crippen LogP contribution in [0.1, 0.15) is 16.7 Å². The van der Waals surface area contributed by atoms with Crippen molar-refractivity contribution < 1.29 is 26.4 Å². The zero-order valence-electron chi connectivity index (χ0n) is 17.5. The number of carbonyl (C=O) groups is 1. The van der Waals surface area contributed by atoms with E-state index in [0.29, 0.717) is 0 Å². The van der Waals surface area contributed by atoms with Crippen molar-refractivity contribution in [3.63, 3.8) is 0 Å². The van der Waals surface area contributed by atoms with E-state index in [1.165, 1.54) is 24.3 Å². The van der Waals surface area contributed by atoms with Crippen LogP contribution in [0.25, 0.3) is 0 Å². The second-order valence-electron chi connectivity index (χ2n) is 7.03. The molecule has 3 aromatic rings. The Hall–Kier alpha value is -3.12. The number of aryl methyl sites for hydroxylation is 2. The van der Waals surface area contributed by atoms with Crippen LogP contribution in [0, 0.1) is 13.8 Å². The van der Waals surface area contributed by atoms with Crippen LogP contribution in [-0.4, -0.2) is 30.0 Å². The number of rotatable bonds is 6. The number of hydrogen-bond acceptors (Lipinski definition) is 7. The highest BCUT2D eigenvalue weighted by Gasteiger charge is 2.33. The average molecular weight is 497 g/mol. The largest absolute Gasteiger partial charge is 0.418 e. The van der Waals surface area contributed by atoms with E-state index in [1.54, 1.807) is 13.0 Å². The van der Waals surface area contributed by atoms with Crippen LogP contribution in [0.4, 0.5) is 24.7 Å². The van der Waals surface area contributed by atoms with E-state index in [0.717, 1.165) is 41.2 Å². The van der Waals surface area contributed by atoms with Crippen molar-refractivity contribution in [3.8, 4) is 0 Å². The predicted octanol–water partition coefficient (Wildman–Crippen LogP) is 4.26. The maximum absolute atomic E-state index is 13.1. The van der Waals surface area contributed by atoms with E-state index < -0.39 is 27.5 Å². The van der Waals surface area contributed by atoms with Gasteiger partial charge in [-0.1, -0.05) is 30.0 Å². The molecule has 0 aliphatic rings. The molecule has 0 saturated heterocycles. The third kappa shape index (κ3) is 5.63. The monoisotopic (exact) mass is 496 g/mol. The van der Waals surface area contributed by atoms with Gasteiger partial charge in [0.05, 0.1) is 28.1 Å². The quantitative estimate of drug-likeness (QED) is 0.387. The van der Waals surface area contributed by atoms with Crippen molar-refractivity contribution in [3.05, 3.63) is 65.4 Å². The molecule has 1 heterocycles. The first-order valence-corrected chi connectivity index (χ1v) is 11.9. The Balaban J connectivity index is 1.72. The number of sulfone groups is 1. The lowest BCUT2D eigenvalue weighted by molar-refractivity contribution is -0.137. The van der Waals surface area contributed by atoms with Crippen LogP contribution in [0.3, 0.4) is 0 Å². The van der Waals surface area contributed by atoms with Gasteiger partial charge in [0.25, 0.3) is 0 Å². The molecule has 0 aliphatic heterocycles. The third-order valence-corrected chi connectivity index (χ3v) is 7.31. The van der Waals surface area contributed by atoms with Crippen LogP contribution in [0.2, 0.25) is 0 Å². The molecule has 2 aromatic carbocycles. The van der Waals surface area contributed by atoms with Crippen LogP contribution in [0.15, 0.2) is 63.6 Å². The lowest BCUT2D eigenvalue weighted by Gasteiger charge is -2.13. The van der Waals surface area contributed by atoms with Crippen LogP contribution in [-0.2, 0) is 20.8 Å². The molecule has 174 valence electrons. The topological polar surface area (TPSA) is 115 Å². The molecule has 1 aromatic heterocycles. The van der Waals surface area contributed by atoms with Gasteiger partial charge in [0.1, 0.15) is 10.7 Å². The van der Waals surface area contributed by atoms with Crippen molar-refractivity contribution in [1.82, 2.24) is 9.97 Å². The van der Waals surface area contributed by atoms with Gasteiger partial charge in [-0.05, 0) is 49.2 Å². The molecule has 0 unspecified atom stereocenters. The van der Waals surface area contributed by atoms with E-state index in [-0.39, 0.29) is 32.2 Å². The molecule has 33 heavy (non-hydrogen) atoms. The summed E-state index contributed by atoms with van der Waals surface area (Å²) in [6.07, 6.45) is -3.57. The van der Waals surface area contributed by atoms with Gasteiger partial charge < -0.3 is 11.1 Å². The molecule has 0 fully saturated rings.